The average molecular weight is 317 g/mol. The summed E-state index contributed by atoms with van der Waals surface area (Å²) in [7, 11) is -3.33. The van der Waals surface area contributed by atoms with Gasteiger partial charge in [0.1, 0.15) is 22.4 Å². The third-order valence-corrected chi connectivity index (χ3v) is 3.48. The van der Waals surface area contributed by atoms with E-state index in [-0.39, 0.29) is 12.2 Å². The van der Waals surface area contributed by atoms with E-state index in [1.54, 1.807) is 0 Å². The molecule has 0 saturated carbocycles. The van der Waals surface area contributed by atoms with Crippen LogP contribution >= 0.6 is 0 Å². The standard InChI is InChI=1S/C11H15N3O6S/c1-21(19,20)6-3-8(10(16)17)13-9(15)7-14-5-2-4-12-11(14)18/h2,4-5,8H,3,6-7H2,1H3,(H,13,15)(H,16,17). The molecule has 10 heteroatoms. The molecule has 0 radical (unpaired) electrons. The first kappa shape index (κ1) is 16.8. The molecule has 1 aromatic rings. The molecular formula is C11H15N3O6S. The summed E-state index contributed by atoms with van der Waals surface area (Å²) in [6.07, 6.45) is 3.33. The summed E-state index contributed by atoms with van der Waals surface area (Å²) < 4.78 is 23.0. The Kier molecular flexibility index (Phi) is 5.59. The second-order valence-corrected chi connectivity index (χ2v) is 6.67. The molecule has 0 bridgehead atoms. The zero-order valence-electron chi connectivity index (χ0n) is 11.2. The SMILES string of the molecule is CS(=O)(=O)CCC(NC(=O)Cn1cccnc1=O)C(=O)O. The van der Waals surface area contributed by atoms with E-state index >= 15 is 0 Å². The minimum Gasteiger partial charge on any atom is -0.480 e. The molecule has 21 heavy (non-hydrogen) atoms. The number of nitrogens with one attached hydrogen (secondary N) is 1. The quantitative estimate of drug-likeness (QED) is 0.608. The molecule has 0 aliphatic rings. The first-order chi connectivity index (χ1) is 9.69. The van der Waals surface area contributed by atoms with Crippen LogP contribution in [0.1, 0.15) is 6.42 Å². The van der Waals surface area contributed by atoms with Crippen LogP contribution in [0.3, 0.4) is 0 Å². The Bertz CT molecular complexity index is 681. The van der Waals surface area contributed by atoms with Crippen molar-refractivity contribution in [1.82, 2.24) is 14.9 Å². The van der Waals surface area contributed by atoms with Crippen molar-refractivity contribution < 1.29 is 23.1 Å². The zero-order valence-corrected chi connectivity index (χ0v) is 12.0. The van der Waals surface area contributed by atoms with Crippen molar-refractivity contribution in [3.05, 3.63) is 28.9 Å². The van der Waals surface area contributed by atoms with Gasteiger partial charge in [0.15, 0.2) is 0 Å². The van der Waals surface area contributed by atoms with Crippen molar-refractivity contribution in [3.8, 4) is 0 Å². The number of carbonyl (C=O) groups is 2. The van der Waals surface area contributed by atoms with Crippen LogP contribution in [0, 0.1) is 0 Å². The fraction of sp³-hybridized carbons (Fsp3) is 0.455. The highest BCUT2D eigenvalue weighted by Gasteiger charge is 2.21. The Balaban J connectivity index is 2.67. The lowest BCUT2D eigenvalue weighted by Crippen LogP contribution is -2.44. The Morgan fingerprint density at radius 1 is 1.48 bits per heavy atom. The minimum atomic E-state index is -3.33. The van der Waals surface area contributed by atoms with Gasteiger partial charge in [-0.2, -0.15) is 0 Å². The number of rotatable bonds is 7. The number of sulfone groups is 1. The molecule has 0 aliphatic carbocycles. The van der Waals surface area contributed by atoms with Gasteiger partial charge < -0.3 is 10.4 Å². The highest BCUT2D eigenvalue weighted by atomic mass is 32.2. The summed E-state index contributed by atoms with van der Waals surface area (Å²) >= 11 is 0. The van der Waals surface area contributed by atoms with E-state index in [0.29, 0.717) is 0 Å². The number of hydrogen-bond acceptors (Lipinski definition) is 6. The van der Waals surface area contributed by atoms with Gasteiger partial charge >= 0.3 is 11.7 Å². The molecule has 0 spiro atoms. The zero-order chi connectivity index (χ0) is 16.0. The smallest absolute Gasteiger partial charge is 0.347 e. The molecule has 0 aromatic carbocycles. The summed E-state index contributed by atoms with van der Waals surface area (Å²) in [5.74, 6) is -2.42. The molecule has 116 valence electrons. The maximum atomic E-state index is 11.7. The predicted octanol–water partition coefficient (Wildman–Crippen LogP) is -1.75. The molecule has 1 unspecified atom stereocenters. The lowest BCUT2D eigenvalue weighted by atomic mass is 10.2. The van der Waals surface area contributed by atoms with Gasteiger partial charge in [-0.25, -0.2) is 23.0 Å². The van der Waals surface area contributed by atoms with E-state index < -0.39 is 40.0 Å². The van der Waals surface area contributed by atoms with E-state index in [1.165, 1.54) is 18.5 Å². The maximum absolute atomic E-state index is 11.7. The second kappa shape index (κ2) is 6.97. The number of hydrogen-bond donors (Lipinski definition) is 2. The number of aromatic nitrogens is 2. The summed E-state index contributed by atoms with van der Waals surface area (Å²) in [4.78, 5) is 37.4. The van der Waals surface area contributed by atoms with Gasteiger partial charge in [0, 0.05) is 18.6 Å². The van der Waals surface area contributed by atoms with Gasteiger partial charge in [0.2, 0.25) is 5.91 Å². The van der Waals surface area contributed by atoms with E-state index in [0.717, 1.165) is 10.8 Å². The van der Waals surface area contributed by atoms with Crippen molar-refractivity contribution in [3.63, 3.8) is 0 Å². The molecule has 1 atom stereocenters. The Labute approximate surface area is 120 Å². The number of aliphatic carboxylic acids is 1. The van der Waals surface area contributed by atoms with E-state index in [1.807, 2.05) is 0 Å². The lowest BCUT2D eigenvalue weighted by molar-refractivity contribution is -0.142. The van der Waals surface area contributed by atoms with Crippen LogP contribution in [-0.4, -0.2) is 53.0 Å². The molecule has 1 heterocycles. The third kappa shape index (κ3) is 6.17. The fourth-order valence-electron chi connectivity index (χ4n) is 1.49. The average Bonchev–Trinajstić information content (AvgIpc) is 2.36. The molecule has 9 nitrogen and oxygen atoms in total. The first-order valence-corrected chi connectivity index (χ1v) is 7.96. The lowest BCUT2D eigenvalue weighted by Gasteiger charge is -2.14. The van der Waals surface area contributed by atoms with Crippen LogP contribution in [0.5, 0.6) is 0 Å². The number of nitrogens with zero attached hydrogens (tertiary/aromatic N) is 2. The normalized spacial score (nSPS) is 12.6. The van der Waals surface area contributed by atoms with E-state index in [4.69, 9.17) is 5.11 Å². The molecule has 1 amide bonds. The fourth-order valence-corrected chi connectivity index (χ4v) is 2.16. The summed E-state index contributed by atoms with van der Waals surface area (Å²) in [5, 5.41) is 11.1. The number of carboxylic acids is 1. The van der Waals surface area contributed by atoms with Gasteiger partial charge in [-0.05, 0) is 12.5 Å². The number of amides is 1. The molecule has 0 saturated heterocycles. The summed E-state index contributed by atoms with van der Waals surface area (Å²) in [5.41, 5.74) is -0.643. The van der Waals surface area contributed by atoms with Crippen molar-refractivity contribution in [2.75, 3.05) is 12.0 Å². The Morgan fingerprint density at radius 3 is 2.67 bits per heavy atom. The number of carboxylic acid groups (broad SMARTS) is 1. The minimum absolute atomic E-state index is 0.248. The van der Waals surface area contributed by atoms with Crippen molar-refractivity contribution >= 4 is 21.7 Å². The van der Waals surface area contributed by atoms with Crippen LogP contribution in [-0.2, 0) is 26.0 Å². The predicted molar refractivity (Wildman–Crippen MR) is 72.4 cm³/mol. The van der Waals surface area contributed by atoms with Crippen LogP contribution < -0.4 is 11.0 Å². The van der Waals surface area contributed by atoms with Gasteiger partial charge in [-0.3, -0.25) is 9.36 Å². The monoisotopic (exact) mass is 317 g/mol. The van der Waals surface area contributed by atoms with Crippen molar-refractivity contribution in [2.24, 2.45) is 0 Å². The highest BCUT2D eigenvalue weighted by Crippen LogP contribution is 1.97. The highest BCUT2D eigenvalue weighted by molar-refractivity contribution is 7.90. The summed E-state index contributed by atoms with van der Waals surface area (Å²) in [6.45, 7) is -0.394. The van der Waals surface area contributed by atoms with Crippen molar-refractivity contribution in [1.29, 1.82) is 0 Å². The van der Waals surface area contributed by atoms with Gasteiger partial charge in [0.05, 0.1) is 5.75 Å². The number of carbonyl (C=O) groups excluding carboxylic acids is 1. The van der Waals surface area contributed by atoms with E-state index in [2.05, 4.69) is 10.3 Å². The largest absolute Gasteiger partial charge is 0.480 e. The summed E-state index contributed by atoms with van der Waals surface area (Å²) in [6, 6.07) is 0.118. The molecule has 1 rings (SSSR count). The van der Waals surface area contributed by atoms with Gasteiger partial charge in [-0.1, -0.05) is 0 Å². The Morgan fingerprint density at radius 2 is 2.14 bits per heavy atom. The molecule has 0 aliphatic heterocycles. The maximum Gasteiger partial charge on any atom is 0.347 e. The molecule has 1 aromatic heterocycles. The van der Waals surface area contributed by atoms with Crippen molar-refractivity contribution in [2.45, 2.75) is 19.0 Å². The Hall–Kier alpha value is -2.23. The van der Waals surface area contributed by atoms with Gasteiger partial charge in [-0.15, -0.1) is 0 Å². The molecule has 0 fully saturated rings. The van der Waals surface area contributed by atoms with Gasteiger partial charge in [0.25, 0.3) is 0 Å². The molecular weight excluding hydrogens is 302 g/mol. The van der Waals surface area contributed by atoms with Crippen LogP contribution in [0.2, 0.25) is 0 Å². The second-order valence-electron chi connectivity index (χ2n) is 4.41. The molecule has 2 N–H and O–H groups in total. The first-order valence-electron chi connectivity index (χ1n) is 5.90. The third-order valence-electron chi connectivity index (χ3n) is 2.51. The van der Waals surface area contributed by atoms with E-state index in [9.17, 15) is 22.8 Å². The van der Waals surface area contributed by atoms with Crippen LogP contribution in [0.25, 0.3) is 0 Å². The van der Waals surface area contributed by atoms with Crippen LogP contribution in [0.4, 0.5) is 0 Å². The topological polar surface area (TPSA) is 135 Å². The van der Waals surface area contributed by atoms with Crippen LogP contribution in [0.15, 0.2) is 23.3 Å².